The molecule has 0 atom stereocenters. The summed E-state index contributed by atoms with van der Waals surface area (Å²) >= 11 is 0.963. The summed E-state index contributed by atoms with van der Waals surface area (Å²) in [6.45, 7) is 3.92. The van der Waals surface area contributed by atoms with E-state index in [4.69, 9.17) is 9.15 Å². The van der Waals surface area contributed by atoms with Crippen LogP contribution in [-0.2, 0) is 4.79 Å². The lowest BCUT2D eigenvalue weighted by Gasteiger charge is -2.25. The number of anilines is 1. The van der Waals surface area contributed by atoms with Crippen molar-refractivity contribution in [2.45, 2.75) is 13.3 Å². The largest absolute Gasteiger partial charge is 0.456 e. The Morgan fingerprint density at radius 1 is 1.00 bits per heavy atom. The summed E-state index contributed by atoms with van der Waals surface area (Å²) in [4.78, 5) is 28.3. The van der Waals surface area contributed by atoms with Crippen molar-refractivity contribution < 1.29 is 23.2 Å². The van der Waals surface area contributed by atoms with Crippen LogP contribution in [0.5, 0.6) is 5.75 Å². The SMILES string of the molecule is CCN1C(=O)SC(=CC=C2Oc3cc4c(cc3N2CCC[N+](C)(C)C)oc2ccccc24)C1=O. The van der Waals surface area contributed by atoms with Crippen molar-refractivity contribution in [3.63, 3.8) is 0 Å². The van der Waals surface area contributed by atoms with Gasteiger partial charge in [0.1, 0.15) is 11.2 Å². The van der Waals surface area contributed by atoms with Gasteiger partial charge in [0.25, 0.3) is 11.1 Å². The number of carbonyl (C=O) groups is 2. The van der Waals surface area contributed by atoms with Crippen LogP contribution in [0.1, 0.15) is 13.3 Å². The Morgan fingerprint density at radius 3 is 2.53 bits per heavy atom. The topological polar surface area (TPSA) is 63.0 Å². The number of hydrogen-bond donors (Lipinski definition) is 0. The van der Waals surface area contributed by atoms with Crippen LogP contribution < -0.4 is 9.64 Å². The Labute approximate surface area is 202 Å². The standard InChI is InChI=1S/C26H28N3O4S/c1-5-27-25(30)23(34-26(27)31)11-12-24-28(13-8-14-29(2,3)4)19-16-21-18(15-22(19)33-24)17-9-6-7-10-20(17)32-21/h6-7,9-12,15-16H,5,8,13-14H2,1-4H3/q+1. The minimum absolute atomic E-state index is 0.236. The molecule has 7 nitrogen and oxygen atoms in total. The summed E-state index contributed by atoms with van der Waals surface area (Å²) in [7, 11) is 6.52. The summed E-state index contributed by atoms with van der Waals surface area (Å²) in [6, 6.07) is 12.0. The average Bonchev–Trinajstić information content (AvgIpc) is 3.40. The molecular weight excluding hydrogens is 450 g/mol. The molecule has 34 heavy (non-hydrogen) atoms. The van der Waals surface area contributed by atoms with Gasteiger partial charge in [-0.25, -0.2) is 0 Å². The van der Waals surface area contributed by atoms with Gasteiger partial charge in [-0.1, -0.05) is 18.2 Å². The number of rotatable bonds is 6. The van der Waals surface area contributed by atoms with Gasteiger partial charge < -0.3 is 18.5 Å². The second kappa shape index (κ2) is 8.52. The molecule has 0 bridgehead atoms. The van der Waals surface area contributed by atoms with E-state index in [-0.39, 0.29) is 11.1 Å². The molecule has 3 aromatic rings. The molecule has 0 N–H and O–H groups in total. The third-order valence-corrected chi connectivity index (χ3v) is 6.93. The molecule has 1 saturated heterocycles. The smallest absolute Gasteiger partial charge is 0.293 e. The number of imide groups is 1. The molecule has 5 rings (SSSR count). The molecule has 0 unspecified atom stereocenters. The monoisotopic (exact) mass is 478 g/mol. The van der Waals surface area contributed by atoms with E-state index in [1.165, 1.54) is 4.90 Å². The molecule has 2 aromatic carbocycles. The summed E-state index contributed by atoms with van der Waals surface area (Å²) in [5.41, 5.74) is 2.60. The first-order chi connectivity index (χ1) is 16.2. The van der Waals surface area contributed by atoms with Crippen LogP contribution in [0.4, 0.5) is 10.5 Å². The van der Waals surface area contributed by atoms with E-state index in [2.05, 4.69) is 26.0 Å². The molecule has 3 heterocycles. The molecule has 2 aliphatic heterocycles. The van der Waals surface area contributed by atoms with E-state index in [1.54, 1.807) is 19.1 Å². The van der Waals surface area contributed by atoms with Gasteiger partial charge in [-0.05, 0) is 36.9 Å². The van der Waals surface area contributed by atoms with Gasteiger partial charge in [-0.15, -0.1) is 0 Å². The van der Waals surface area contributed by atoms with Crippen LogP contribution in [0.2, 0.25) is 0 Å². The first-order valence-electron chi connectivity index (χ1n) is 11.4. The quantitative estimate of drug-likeness (QED) is 0.353. The molecule has 176 valence electrons. The Balaban J connectivity index is 1.51. The average molecular weight is 479 g/mol. The number of allylic oxidation sites excluding steroid dienone is 2. The zero-order valence-corrected chi connectivity index (χ0v) is 20.6. The maximum absolute atomic E-state index is 12.5. The lowest BCUT2D eigenvalue weighted by atomic mass is 10.1. The third-order valence-electron chi connectivity index (χ3n) is 6.01. The Morgan fingerprint density at radius 2 is 1.79 bits per heavy atom. The fourth-order valence-electron chi connectivity index (χ4n) is 4.31. The zero-order chi connectivity index (χ0) is 24.0. The number of amides is 2. The molecular formula is C26H28N3O4S+. The van der Waals surface area contributed by atoms with Gasteiger partial charge in [-0.3, -0.25) is 14.5 Å². The second-order valence-electron chi connectivity index (χ2n) is 9.49. The van der Waals surface area contributed by atoms with Crippen LogP contribution >= 0.6 is 11.8 Å². The number of hydrogen-bond acceptors (Lipinski definition) is 6. The number of nitrogens with zero attached hydrogens (tertiary/aromatic N) is 3. The number of furan rings is 1. The van der Waals surface area contributed by atoms with Crippen LogP contribution in [0.15, 0.2) is 63.8 Å². The lowest BCUT2D eigenvalue weighted by molar-refractivity contribution is -0.870. The fraction of sp³-hybridized carbons (Fsp3) is 0.308. The van der Waals surface area contributed by atoms with Crippen molar-refractivity contribution >= 4 is 50.5 Å². The Hall–Kier alpha value is -3.23. The lowest BCUT2D eigenvalue weighted by Crippen LogP contribution is -2.37. The molecule has 0 saturated carbocycles. The van der Waals surface area contributed by atoms with Gasteiger partial charge in [-0.2, -0.15) is 0 Å². The highest BCUT2D eigenvalue weighted by Crippen LogP contribution is 2.44. The first-order valence-corrected chi connectivity index (χ1v) is 12.2. The van der Waals surface area contributed by atoms with Gasteiger partial charge in [0.15, 0.2) is 5.75 Å². The number of likely N-dealkylation sites (N-methyl/N-ethyl adjacent to an activating group) is 1. The first kappa shape index (κ1) is 22.6. The summed E-state index contributed by atoms with van der Waals surface area (Å²) in [6.07, 6.45) is 4.43. The zero-order valence-electron chi connectivity index (χ0n) is 19.8. The highest BCUT2D eigenvalue weighted by atomic mass is 32.2. The van der Waals surface area contributed by atoms with Crippen molar-refractivity contribution in [3.8, 4) is 5.75 Å². The number of fused-ring (bicyclic) bond motifs is 4. The highest BCUT2D eigenvalue weighted by molar-refractivity contribution is 8.18. The minimum Gasteiger partial charge on any atom is -0.456 e. The predicted molar refractivity (Wildman–Crippen MR) is 136 cm³/mol. The Kier molecular flexibility index (Phi) is 5.65. The number of quaternary nitrogens is 1. The van der Waals surface area contributed by atoms with Gasteiger partial charge in [0, 0.05) is 42.4 Å². The van der Waals surface area contributed by atoms with E-state index >= 15 is 0 Å². The second-order valence-corrected chi connectivity index (χ2v) is 10.5. The van der Waals surface area contributed by atoms with Crippen LogP contribution in [-0.4, -0.2) is 61.3 Å². The van der Waals surface area contributed by atoms with E-state index < -0.39 is 0 Å². The number of carbonyl (C=O) groups excluding carboxylic acids is 2. The van der Waals surface area contributed by atoms with Crippen LogP contribution in [0, 0.1) is 0 Å². The molecule has 1 fully saturated rings. The van der Waals surface area contributed by atoms with Crippen molar-refractivity contribution in [1.29, 1.82) is 0 Å². The van der Waals surface area contributed by atoms with Crippen LogP contribution in [0.3, 0.4) is 0 Å². The van der Waals surface area contributed by atoms with Crippen molar-refractivity contribution in [2.75, 3.05) is 45.7 Å². The van der Waals surface area contributed by atoms with Gasteiger partial charge >= 0.3 is 0 Å². The third kappa shape index (κ3) is 4.08. The molecule has 8 heteroatoms. The number of para-hydroxylation sites is 1. The van der Waals surface area contributed by atoms with Crippen molar-refractivity contribution in [2.24, 2.45) is 0 Å². The maximum atomic E-state index is 12.5. The Bertz CT molecular complexity index is 1370. The molecule has 0 radical (unpaired) electrons. The van der Waals surface area contributed by atoms with Crippen LogP contribution in [0.25, 0.3) is 21.9 Å². The van der Waals surface area contributed by atoms with E-state index in [0.717, 1.165) is 69.1 Å². The van der Waals surface area contributed by atoms with E-state index in [1.807, 2.05) is 36.4 Å². The van der Waals surface area contributed by atoms with Crippen molar-refractivity contribution in [1.82, 2.24) is 4.90 Å². The fourth-order valence-corrected chi connectivity index (χ4v) is 5.16. The van der Waals surface area contributed by atoms with Gasteiger partial charge in [0.05, 0.1) is 38.3 Å². The summed E-state index contributed by atoms with van der Waals surface area (Å²) < 4.78 is 13.3. The molecule has 0 aliphatic carbocycles. The van der Waals surface area contributed by atoms with E-state index in [9.17, 15) is 9.59 Å². The molecule has 1 aromatic heterocycles. The number of ether oxygens (including phenoxy) is 1. The number of thioether (sulfide) groups is 1. The maximum Gasteiger partial charge on any atom is 0.293 e. The summed E-state index contributed by atoms with van der Waals surface area (Å²) in [5.74, 6) is 1.13. The normalized spacial score (nSPS) is 18.7. The molecule has 2 amide bonds. The van der Waals surface area contributed by atoms with Gasteiger partial charge in [0.2, 0.25) is 5.88 Å². The minimum atomic E-state index is -0.259. The van der Waals surface area contributed by atoms with Crippen molar-refractivity contribution in [3.05, 3.63) is 59.3 Å². The number of benzene rings is 2. The molecule has 0 spiro atoms. The molecule has 2 aliphatic rings. The predicted octanol–water partition coefficient (Wildman–Crippen LogP) is 5.32. The summed E-state index contributed by atoms with van der Waals surface area (Å²) in [5, 5.41) is 1.82. The highest BCUT2D eigenvalue weighted by Gasteiger charge is 2.34. The van der Waals surface area contributed by atoms with E-state index in [0.29, 0.717) is 17.3 Å².